The van der Waals surface area contributed by atoms with Gasteiger partial charge in [-0.15, -0.1) is 0 Å². The van der Waals surface area contributed by atoms with E-state index in [0.717, 1.165) is 23.7 Å². The van der Waals surface area contributed by atoms with Crippen molar-refractivity contribution in [3.63, 3.8) is 0 Å². The zero-order valence-electron chi connectivity index (χ0n) is 12.8. The van der Waals surface area contributed by atoms with Gasteiger partial charge >= 0.3 is 0 Å². The van der Waals surface area contributed by atoms with Gasteiger partial charge in [0, 0.05) is 30.0 Å². The van der Waals surface area contributed by atoms with Crippen LogP contribution in [0.25, 0.3) is 0 Å². The SMILES string of the molecule is CC(C)NC(=O)c1cncc(NCCc2ccc(Cl)cc2)c1. The van der Waals surface area contributed by atoms with Crippen molar-refractivity contribution in [2.24, 2.45) is 0 Å². The first-order chi connectivity index (χ1) is 10.5. The highest BCUT2D eigenvalue weighted by Crippen LogP contribution is 2.11. The Balaban J connectivity index is 1.90. The molecule has 2 aromatic rings. The van der Waals surface area contributed by atoms with Crippen LogP contribution in [0.3, 0.4) is 0 Å². The van der Waals surface area contributed by atoms with Crippen LogP contribution in [0.2, 0.25) is 5.02 Å². The second-order valence-electron chi connectivity index (χ2n) is 5.39. The predicted molar refractivity (Wildman–Crippen MR) is 90.5 cm³/mol. The number of hydrogen-bond acceptors (Lipinski definition) is 3. The molecule has 0 unspecified atom stereocenters. The van der Waals surface area contributed by atoms with Crippen molar-refractivity contribution in [3.05, 3.63) is 58.9 Å². The average molecular weight is 318 g/mol. The Labute approximate surface area is 135 Å². The number of rotatable bonds is 6. The number of amides is 1. The molecule has 0 atom stereocenters. The van der Waals surface area contributed by atoms with Crippen LogP contribution in [-0.2, 0) is 6.42 Å². The lowest BCUT2D eigenvalue weighted by molar-refractivity contribution is 0.0943. The van der Waals surface area contributed by atoms with Crippen LogP contribution >= 0.6 is 11.6 Å². The smallest absolute Gasteiger partial charge is 0.253 e. The first-order valence-electron chi connectivity index (χ1n) is 7.29. The van der Waals surface area contributed by atoms with Crippen molar-refractivity contribution in [1.82, 2.24) is 10.3 Å². The number of pyridine rings is 1. The van der Waals surface area contributed by atoms with Gasteiger partial charge in [-0.25, -0.2) is 0 Å². The van der Waals surface area contributed by atoms with E-state index in [-0.39, 0.29) is 11.9 Å². The molecule has 1 heterocycles. The number of carbonyl (C=O) groups is 1. The lowest BCUT2D eigenvalue weighted by Gasteiger charge is -2.10. The molecule has 2 N–H and O–H groups in total. The fourth-order valence-electron chi connectivity index (χ4n) is 2.01. The third-order valence-electron chi connectivity index (χ3n) is 3.08. The minimum atomic E-state index is -0.108. The van der Waals surface area contributed by atoms with E-state index in [1.165, 1.54) is 5.56 Å². The van der Waals surface area contributed by atoms with Crippen LogP contribution in [0, 0.1) is 0 Å². The van der Waals surface area contributed by atoms with Gasteiger partial charge < -0.3 is 10.6 Å². The van der Waals surface area contributed by atoms with E-state index in [2.05, 4.69) is 15.6 Å². The van der Waals surface area contributed by atoms with Gasteiger partial charge in [0.1, 0.15) is 0 Å². The zero-order chi connectivity index (χ0) is 15.9. The Kier molecular flexibility index (Phi) is 5.78. The Morgan fingerprint density at radius 1 is 1.23 bits per heavy atom. The lowest BCUT2D eigenvalue weighted by Crippen LogP contribution is -2.30. The largest absolute Gasteiger partial charge is 0.383 e. The Morgan fingerprint density at radius 2 is 1.95 bits per heavy atom. The van der Waals surface area contributed by atoms with E-state index >= 15 is 0 Å². The number of hydrogen-bond donors (Lipinski definition) is 2. The molecule has 5 heteroatoms. The number of nitrogens with one attached hydrogen (secondary N) is 2. The highest BCUT2D eigenvalue weighted by atomic mass is 35.5. The molecule has 0 saturated heterocycles. The van der Waals surface area contributed by atoms with Crippen molar-refractivity contribution in [3.8, 4) is 0 Å². The summed E-state index contributed by atoms with van der Waals surface area (Å²) in [5.74, 6) is -0.108. The average Bonchev–Trinajstić information content (AvgIpc) is 2.49. The van der Waals surface area contributed by atoms with Gasteiger partial charge in [0.15, 0.2) is 0 Å². The summed E-state index contributed by atoms with van der Waals surface area (Å²) in [5, 5.41) is 6.88. The molecule has 0 spiro atoms. The van der Waals surface area contributed by atoms with Gasteiger partial charge in [0.2, 0.25) is 0 Å². The third kappa shape index (κ3) is 5.04. The minimum Gasteiger partial charge on any atom is -0.383 e. The van der Waals surface area contributed by atoms with E-state index in [1.54, 1.807) is 12.4 Å². The number of benzene rings is 1. The Hall–Kier alpha value is -2.07. The van der Waals surface area contributed by atoms with Crippen molar-refractivity contribution < 1.29 is 4.79 Å². The lowest BCUT2D eigenvalue weighted by atomic mass is 10.1. The second-order valence-corrected chi connectivity index (χ2v) is 5.83. The summed E-state index contributed by atoms with van der Waals surface area (Å²) < 4.78 is 0. The fourth-order valence-corrected chi connectivity index (χ4v) is 2.13. The van der Waals surface area contributed by atoms with Gasteiger partial charge in [0.05, 0.1) is 11.3 Å². The number of nitrogens with zero attached hydrogens (tertiary/aromatic N) is 1. The van der Waals surface area contributed by atoms with Crippen LogP contribution in [0.15, 0.2) is 42.7 Å². The van der Waals surface area contributed by atoms with Gasteiger partial charge in [-0.1, -0.05) is 23.7 Å². The molecule has 0 saturated carbocycles. The molecule has 1 aromatic heterocycles. The fraction of sp³-hybridized carbons (Fsp3) is 0.294. The summed E-state index contributed by atoms with van der Waals surface area (Å²) in [6.45, 7) is 4.62. The van der Waals surface area contributed by atoms with E-state index in [4.69, 9.17) is 11.6 Å². The van der Waals surface area contributed by atoms with Crippen LogP contribution in [0.5, 0.6) is 0 Å². The molecule has 0 aliphatic rings. The number of anilines is 1. The summed E-state index contributed by atoms with van der Waals surface area (Å²) in [6, 6.07) is 9.70. The normalized spacial score (nSPS) is 10.5. The van der Waals surface area contributed by atoms with Crippen molar-refractivity contribution in [2.75, 3.05) is 11.9 Å². The maximum absolute atomic E-state index is 11.9. The number of carbonyl (C=O) groups excluding carboxylic acids is 1. The molecule has 22 heavy (non-hydrogen) atoms. The molecule has 0 fully saturated rings. The molecular weight excluding hydrogens is 298 g/mol. The van der Waals surface area contributed by atoms with E-state index < -0.39 is 0 Å². The van der Waals surface area contributed by atoms with Crippen LogP contribution < -0.4 is 10.6 Å². The number of halogens is 1. The number of aromatic nitrogens is 1. The predicted octanol–water partition coefficient (Wildman–Crippen LogP) is 3.53. The monoisotopic (exact) mass is 317 g/mol. The molecule has 116 valence electrons. The Bertz CT molecular complexity index is 626. The molecule has 0 aliphatic heterocycles. The molecule has 1 aromatic carbocycles. The summed E-state index contributed by atoms with van der Waals surface area (Å²) in [4.78, 5) is 16.1. The topological polar surface area (TPSA) is 54.0 Å². The Morgan fingerprint density at radius 3 is 2.64 bits per heavy atom. The van der Waals surface area contributed by atoms with Gasteiger partial charge in [-0.05, 0) is 44.0 Å². The van der Waals surface area contributed by atoms with Gasteiger partial charge in [-0.3, -0.25) is 9.78 Å². The molecule has 0 aliphatic carbocycles. The van der Waals surface area contributed by atoms with E-state index in [0.29, 0.717) is 5.56 Å². The second kappa shape index (κ2) is 7.80. The molecule has 1 amide bonds. The standard InChI is InChI=1S/C17H20ClN3O/c1-12(2)21-17(22)14-9-16(11-19-10-14)20-8-7-13-3-5-15(18)6-4-13/h3-6,9-12,20H,7-8H2,1-2H3,(H,21,22). The summed E-state index contributed by atoms with van der Waals surface area (Å²) in [5.41, 5.74) is 2.61. The zero-order valence-corrected chi connectivity index (χ0v) is 13.5. The van der Waals surface area contributed by atoms with Gasteiger partial charge in [0.25, 0.3) is 5.91 Å². The molecule has 2 rings (SSSR count). The first kappa shape index (κ1) is 16.3. The summed E-state index contributed by atoms with van der Waals surface area (Å²) >= 11 is 5.86. The van der Waals surface area contributed by atoms with Crippen LogP contribution in [0.1, 0.15) is 29.8 Å². The van der Waals surface area contributed by atoms with Crippen molar-refractivity contribution >= 4 is 23.2 Å². The quantitative estimate of drug-likeness (QED) is 0.857. The third-order valence-corrected chi connectivity index (χ3v) is 3.33. The summed E-state index contributed by atoms with van der Waals surface area (Å²) in [6.07, 6.45) is 4.16. The van der Waals surface area contributed by atoms with Crippen molar-refractivity contribution in [1.29, 1.82) is 0 Å². The maximum atomic E-state index is 11.9. The maximum Gasteiger partial charge on any atom is 0.253 e. The molecule has 0 radical (unpaired) electrons. The summed E-state index contributed by atoms with van der Waals surface area (Å²) in [7, 11) is 0. The van der Waals surface area contributed by atoms with Gasteiger partial charge in [-0.2, -0.15) is 0 Å². The van der Waals surface area contributed by atoms with Crippen molar-refractivity contribution in [2.45, 2.75) is 26.3 Å². The highest BCUT2D eigenvalue weighted by molar-refractivity contribution is 6.30. The van der Waals surface area contributed by atoms with E-state index in [9.17, 15) is 4.79 Å². The molecule has 4 nitrogen and oxygen atoms in total. The van der Waals surface area contributed by atoms with Crippen LogP contribution in [-0.4, -0.2) is 23.5 Å². The minimum absolute atomic E-state index is 0.106. The first-order valence-corrected chi connectivity index (χ1v) is 7.66. The van der Waals surface area contributed by atoms with E-state index in [1.807, 2.05) is 44.2 Å². The molecule has 0 bridgehead atoms. The van der Waals surface area contributed by atoms with Crippen LogP contribution in [0.4, 0.5) is 5.69 Å². The molecular formula is C17H20ClN3O. The highest BCUT2D eigenvalue weighted by Gasteiger charge is 2.07.